The zero-order chi connectivity index (χ0) is 39.1. The maximum atomic E-state index is 14.9. The Morgan fingerprint density at radius 1 is 1.06 bits per heavy atom. The highest BCUT2D eigenvalue weighted by atomic mass is 32.1. The van der Waals surface area contributed by atoms with Gasteiger partial charge >= 0.3 is 12.1 Å². The first-order chi connectivity index (χ1) is 25.7. The molecular weight excluding hydrogens is 735 g/mol. The van der Waals surface area contributed by atoms with Crippen LogP contribution < -0.4 is 15.2 Å². The van der Waals surface area contributed by atoms with Gasteiger partial charge in [-0.05, 0) is 63.1 Å². The number of para-hydroxylation sites is 1. The van der Waals surface area contributed by atoms with Gasteiger partial charge in [0.15, 0.2) is 0 Å². The molecule has 4 heterocycles. The minimum Gasteiger partial charge on any atom is -0.493 e. The maximum absolute atomic E-state index is 14.9. The zero-order valence-electron chi connectivity index (χ0n) is 30.0. The molecule has 0 spiro atoms. The van der Waals surface area contributed by atoms with E-state index in [1.165, 1.54) is 22.5 Å². The highest BCUT2D eigenvalue weighted by Gasteiger charge is 2.56. The van der Waals surface area contributed by atoms with Gasteiger partial charge in [0, 0.05) is 66.8 Å². The fourth-order valence-corrected chi connectivity index (χ4v) is 8.11. The summed E-state index contributed by atoms with van der Waals surface area (Å²) in [7, 11) is 0. The molecule has 0 aliphatic carbocycles. The Balaban J connectivity index is 1.42. The van der Waals surface area contributed by atoms with Crippen molar-refractivity contribution in [3.05, 3.63) is 75.7 Å². The molecule has 2 atom stereocenters. The van der Waals surface area contributed by atoms with Gasteiger partial charge in [0.05, 0.1) is 12.6 Å². The molecule has 2 amide bonds. The van der Waals surface area contributed by atoms with Crippen LogP contribution in [-0.4, -0.2) is 75.6 Å². The molecule has 5 rings (SSSR count). The molecule has 10 nitrogen and oxygen atoms in total. The van der Waals surface area contributed by atoms with Crippen LogP contribution in [0.2, 0.25) is 0 Å². The lowest BCUT2D eigenvalue weighted by Crippen LogP contribution is -2.69. The molecule has 0 bridgehead atoms. The van der Waals surface area contributed by atoms with Crippen LogP contribution in [-0.2, 0) is 21.3 Å². The van der Waals surface area contributed by atoms with E-state index in [-0.39, 0.29) is 51.1 Å². The van der Waals surface area contributed by atoms with Crippen molar-refractivity contribution in [3.8, 4) is 11.5 Å². The lowest BCUT2D eigenvalue weighted by Gasteiger charge is -2.51. The summed E-state index contributed by atoms with van der Waals surface area (Å²) in [5.74, 6) is -1.79. The number of amides is 2. The fourth-order valence-electron chi connectivity index (χ4n) is 7.43. The average molecular weight is 781 g/mol. The molecule has 0 unspecified atom stereocenters. The Bertz CT molecular complexity index is 1770. The number of thiophene rings is 1. The molecule has 54 heavy (non-hydrogen) atoms. The highest BCUT2D eigenvalue weighted by molar-refractivity contribution is 7.10. The van der Waals surface area contributed by atoms with E-state index in [1.807, 2.05) is 31.2 Å². The number of alkyl halides is 5. The van der Waals surface area contributed by atoms with Crippen molar-refractivity contribution in [1.29, 1.82) is 0 Å². The van der Waals surface area contributed by atoms with Gasteiger partial charge in [-0.1, -0.05) is 31.5 Å². The molecule has 2 aromatic heterocycles. The first-order valence-corrected chi connectivity index (χ1v) is 19.0. The summed E-state index contributed by atoms with van der Waals surface area (Å²) in [6, 6.07) is 9.55. The number of aliphatic carboxylic acids is 1. The molecule has 0 saturated carbocycles. The van der Waals surface area contributed by atoms with Crippen molar-refractivity contribution in [1.82, 2.24) is 14.8 Å². The Morgan fingerprint density at radius 3 is 2.46 bits per heavy atom. The number of rotatable bonds is 15. The Morgan fingerprint density at radius 2 is 1.80 bits per heavy atom. The van der Waals surface area contributed by atoms with Crippen molar-refractivity contribution >= 4 is 29.1 Å². The van der Waals surface area contributed by atoms with Crippen LogP contribution in [0.1, 0.15) is 104 Å². The largest absolute Gasteiger partial charge is 0.493 e. The summed E-state index contributed by atoms with van der Waals surface area (Å²) < 4.78 is 81.6. The van der Waals surface area contributed by atoms with Gasteiger partial charge in [-0.15, -0.1) is 11.3 Å². The number of ether oxygens (including phenoxy) is 2. The van der Waals surface area contributed by atoms with Gasteiger partial charge in [-0.2, -0.15) is 13.2 Å². The van der Waals surface area contributed by atoms with Crippen LogP contribution in [0.3, 0.4) is 0 Å². The number of carboxylic acid groups (broad SMARTS) is 1. The third-order valence-electron chi connectivity index (χ3n) is 10.1. The first-order valence-electron chi connectivity index (χ1n) is 18.1. The van der Waals surface area contributed by atoms with E-state index >= 15 is 0 Å². The molecular formula is C38H45F5N4O6S. The van der Waals surface area contributed by atoms with Crippen LogP contribution >= 0.6 is 11.3 Å². The molecule has 3 N–H and O–H groups in total. The number of pyridine rings is 1. The van der Waals surface area contributed by atoms with Crippen molar-refractivity contribution in [3.63, 3.8) is 0 Å². The number of carbonyl (C=O) groups excluding carboxylic acids is 2. The topological polar surface area (TPSA) is 135 Å². The van der Waals surface area contributed by atoms with Crippen molar-refractivity contribution in [2.45, 2.75) is 101 Å². The van der Waals surface area contributed by atoms with Gasteiger partial charge in [0.25, 0.3) is 18.2 Å². The number of benzene rings is 1. The first kappa shape index (κ1) is 40.9. The van der Waals surface area contributed by atoms with E-state index in [4.69, 9.17) is 20.3 Å². The summed E-state index contributed by atoms with van der Waals surface area (Å²) in [5, 5.41) is 10.1. The molecule has 2 fully saturated rings. The van der Waals surface area contributed by atoms with Gasteiger partial charge in [-0.3, -0.25) is 19.4 Å². The summed E-state index contributed by atoms with van der Waals surface area (Å²) >= 11 is 0.423. The number of likely N-dealkylation sites (tertiary alicyclic amines) is 2. The summed E-state index contributed by atoms with van der Waals surface area (Å²) in [5.41, 5.74) is 3.98. The van der Waals surface area contributed by atoms with Gasteiger partial charge in [-0.25, -0.2) is 8.78 Å². The average Bonchev–Trinajstić information content (AvgIpc) is 3.63. The summed E-state index contributed by atoms with van der Waals surface area (Å²) in [6.07, 6.45) is -2.94. The van der Waals surface area contributed by atoms with Crippen LogP contribution in [0, 0.1) is 0 Å². The molecule has 16 heteroatoms. The second-order valence-corrected chi connectivity index (χ2v) is 14.7. The second kappa shape index (κ2) is 17.4. The highest BCUT2D eigenvalue weighted by Crippen LogP contribution is 2.44. The number of aromatic nitrogens is 1. The predicted molar refractivity (Wildman–Crippen MR) is 191 cm³/mol. The number of piperidine rings is 2. The zero-order valence-corrected chi connectivity index (χ0v) is 30.8. The lowest BCUT2D eigenvalue weighted by atomic mass is 9.77. The molecule has 3 aromatic rings. The number of hydrogen-bond donors (Lipinski definition) is 2. The number of unbranched alkanes of at least 4 members (excludes halogenated alkanes) is 2. The van der Waals surface area contributed by atoms with Crippen LogP contribution in [0.15, 0.2) is 54.0 Å². The number of nitrogens with zero attached hydrogens (tertiary/aromatic N) is 3. The lowest BCUT2D eigenvalue weighted by molar-refractivity contribution is -0.160. The molecule has 2 aliphatic heterocycles. The van der Waals surface area contributed by atoms with Crippen molar-refractivity contribution < 1.29 is 50.9 Å². The van der Waals surface area contributed by atoms with Crippen molar-refractivity contribution in [2.75, 3.05) is 26.2 Å². The normalized spacial score (nSPS) is 20.2. The van der Waals surface area contributed by atoms with E-state index < -0.39 is 63.7 Å². The van der Waals surface area contributed by atoms with Crippen LogP contribution in [0.25, 0.3) is 0 Å². The Kier molecular flexibility index (Phi) is 13.2. The quantitative estimate of drug-likeness (QED) is 0.118. The van der Waals surface area contributed by atoms with Gasteiger partial charge in [0.1, 0.15) is 22.1 Å². The second-order valence-electron chi connectivity index (χ2n) is 13.8. The van der Waals surface area contributed by atoms with E-state index in [0.29, 0.717) is 62.2 Å². The molecule has 2 aliphatic rings. The number of hydrogen-bond acceptors (Lipinski definition) is 8. The summed E-state index contributed by atoms with van der Waals surface area (Å²) in [4.78, 5) is 45.8. The SMILES string of the molecule is CCC[C@H]1N(C(=O)c2ncccc2C(F)F)CCC[C@@]1(Oc1csc(C(F)(F)F)c1)C(=O)N1CCC(N)(c2ccccc2OCCCCCC(=O)O)CC1. The maximum Gasteiger partial charge on any atom is 0.425 e. The number of carbonyl (C=O) groups is 3. The van der Waals surface area contributed by atoms with E-state index in [9.17, 15) is 36.3 Å². The molecule has 0 radical (unpaired) electrons. The van der Waals surface area contributed by atoms with E-state index in [1.54, 1.807) is 4.90 Å². The minimum atomic E-state index is -4.65. The van der Waals surface area contributed by atoms with Gasteiger partial charge in [0.2, 0.25) is 5.60 Å². The standard InChI is InChI=1S/C38H45F5N4O6S/c1-2-10-29-37(53-25-23-30(54-24-25)38(41,42)43,15-9-19-47(29)34(50)32-26(33(39)40)11-8-18-45-32)35(51)46-20-16-36(44,17-21-46)27-12-5-6-13-28(27)52-22-7-3-4-14-31(48)49/h5-6,8,11-13,18,23-24,29,33H,2-4,7,9-10,14-17,19-22,44H2,1H3,(H,48,49)/t29-,37+/m1/s1. The fraction of sp³-hybridized carbons (Fsp3) is 0.526. The van der Waals surface area contributed by atoms with E-state index in [2.05, 4.69) is 4.98 Å². The number of carboxylic acids is 1. The minimum absolute atomic E-state index is 0.0643. The number of halogens is 5. The summed E-state index contributed by atoms with van der Waals surface area (Å²) in [6.45, 7) is 2.60. The number of nitrogens with two attached hydrogens (primary N) is 1. The third kappa shape index (κ3) is 9.13. The van der Waals surface area contributed by atoms with Gasteiger partial charge < -0.3 is 30.1 Å². The third-order valence-corrected chi connectivity index (χ3v) is 11.1. The molecule has 294 valence electrons. The van der Waals surface area contributed by atoms with Crippen LogP contribution in [0.5, 0.6) is 11.5 Å². The molecule has 1 aromatic carbocycles. The Labute approximate surface area is 314 Å². The molecule has 2 saturated heterocycles. The smallest absolute Gasteiger partial charge is 0.425 e. The van der Waals surface area contributed by atoms with Crippen molar-refractivity contribution in [2.24, 2.45) is 5.73 Å². The monoisotopic (exact) mass is 780 g/mol. The predicted octanol–water partition coefficient (Wildman–Crippen LogP) is 7.82. The van der Waals surface area contributed by atoms with Crippen LogP contribution in [0.4, 0.5) is 22.0 Å². The van der Waals surface area contributed by atoms with E-state index in [0.717, 1.165) is 17.7 Å². The Hall–Kier alpha value is -4.31.